The summed E-state index contributed by atoms with van der Waals surface area (Å²) in [4.78, 5) is 9.60. The predicted molar refractivity (Wildman–Crippen MR) is 78.1 cm³/mol. The molecule has 0 fully saturated rings. The van der Waals surface area contributed by atoms with Gasteiger partial charge in [-0.3, -0.25) is 0 Å². The predicted octanol–water partition coefficient (Wildman–Crippen LogP) is 4.05. The number of nitrogens with zero attached hydrogens (tertiary/aromatic N) is 2. The van der Waals surface area contributed by atoms with E-state index in [2.05, 4.69) is 15.3 Å². The molecule has 3 rings (SSSR count). The van der Waals surface area contributed by atoms with Gasteiger partial charge in [0.25, 0.3) is 0 Å². The number of rotatable bonds is 4. The first-order valence-corrected chi connectivity index (χ1v) is 7.07. The Morgan fingerprint density at radius 3 is 2.75 bits per heavy atom. The van der Waals surface area contributed by atoms with Gasteiger partial charge in [-0.1, -0.05) is 0 Å². The van der Waals surface area contributed by atoms with Gasteiger partial charge in [0.05, 0.1) is 5.39 Å². The summed E-state index contributed by atoms with van der Waals surface area (Å²) in [5, 5.41) is 5.85. The lowest BCUT2D eigenvalue weighted by Crippen LogP contribution is -2.02. The van der Waals surface area contributed by atoms with E-state index < -0.39 is 0 Å². The zero-order chi connectivity index (χ0) is 13.9. The fraction of sp³-hybridized carbons (Fsp3) is 0.143. The Bertz CT molecular complexity index is 727. The van der Waals surface area contributed by atoms with Crippen LogP contribution in [0.3, 0.4) is 0 Å². The molecule has 0 saturated carbocycles. The number of ether oxygens (including phenoxy) is 1. The molecule has 0 radical (unpaired) electrons. The van der Waals surface area contributed by atoms with E-state index in [1.807, 2.05) is 18.4 Å². The Balaban J connectivity index is 2.00. The average Bonchev–Trinajstić information content (AvgIpc) is 2.90. The second kappa shape index (κ2) is 5.42. The molecule has 0 aliphatic carbocycles. The maximum atomic E-state index is 12.9. The van der Waals surface area contributed by atoms with E-state index in [1.165, 1.54) is 23.5 Å². The third-order valence-electron chi connectivity index (χ3n) is 2.65. The first kappa shape index (κ1) is 12.8. The van der Waals surface area contributed by atoms with E-state index in [9.17, 15) is 4.39 Å². The smallest absolute Gasteiger partial charge is 0.232 e. The van der Waals surface area contributed by atoms with Gasteiger partial charge < -0.3 is 10.1 Å². The fourth-order valence-electron chi connectivity index (χ4n) is 1.76. The molecule has 0 bridgehead atoms. The average molecular weight is 289 g/mol. The molecule has 2 heterocycles. The number of fused-ring (bicyclic) bond motifs is 1. The van der Waals surface area contributed by atoms with Gasteiger partial charge in [-0.25, -0.2) is 9.37 Å². The Kier molecular flexibility index (Phi) is 3.47. The Morgan fingerprint density at radius 1 is 1.20 bits per heavy atom. The minimum atomic E-state index is -0.297. The van der Waals surface area contributed by atoms with Crippen molar-refractivity contribution in [1.82, 2.24) is 9.97 Å². The summed E-state index contributed by atoms with van der Waals surface area (Å²) in [5.74, 6) is 1.24. The molecular formula is C14H12FN3OS. The van der Waals surface area contributed by atoms with Gasteiger partial charge in [0.15, 0.2) is 0 Å². The summed E-state index contributed by atoms with van der Waals surface area (Å²) in [6.07, 6.45) is 0. The van der Waals surface area contributed by atoms with Crippen LogP contribution in [0.15, 0.2) is 35.7 Å². The number of thiophene rings is 1. The standard InChI is InChI=1S/C14H12FN3OS/c1-2-16-14-17-12(11-7-8-20-13(11)18-14)19-10-5-3-9(15)4-6-10/h3-8H,2H2,1H3,(H,16,17,18). The number of halogens is 1. The topological polar surface area (TPSA) is 47.0 Å². The first-order valence-electron chi connectivity index (χ1n) is 6.19. The summed E-state index contributed by atoms with van der Waals surface area (Å²) in [7, 11) is 0. The van der Waals surface area contributed by atoms with Gasteiger partial charge >= 0.3 is 0 Å². The van der Waals surface area contributed by atoms with Crippen LogP contribution in [0.2, 0.25) is 0 Å². The van der Waals surface area contributed by atoms with Crippen molar-refractivity contribution < 1.29 is 9.13 Å². The third kappa shape index (κ3) is 2.55. The molecule has 1 N–H and O–H groups in total. The Hall–Kier alpha value is -2.21. The van der Waals surface area contributed by atoms with E-state index in [0.717, 1.165) is 16.8 Å². The summed E-state index contributed by atoms with van der Waals surface area (Å²) in [6.45, 7) is 2.70. The van der Waals surface area contributed by atoms with Crippen LogP contribution in [0, 0.1) is 5.82 Å². The summed E-state index contributed by atoms with van der Waals surface area (Å²) in [6, 6.07) is 7.76. The van der Waals surface area contributed by atoms with Crippen molar-refractivity contribution >= 4 is 27.5 Å². The minimum Gasteiger partial charge on any atom is -0.438 e. The van der Waals surface area contributed by atoms with Crippen molar-refractivity contribution in [2.75, 3.05) is 11.9 Å². The van der Waals surface area contributed by atoms with Gasteiger partial charge in [0.2, 0.25) is 11.8 Å². The number of nitrogens with one attached hydrogen (secondary N) is 1. The van der Waals surface area contributed by atoms with Crippen LogP contribution in [0.1, 0.15) is 6.92 Å². The Labute approximate surface area is 119 Å². The molecule has 0 saturated heterocycles. The molecule has 2 aromatic heterocycles. The molecule has 3 aromatic rings. The largest absolute Gasteiger partial charge is 0.438 e. The number of hydrogen-bond acceptors (Lipinski definition) is 5. The van der Waals surface area contributed by atoms with Gasteiger partial charge in [-0.15, -0.1) is 11.3 Å². The lowest BCUT2D eigenvalue weighted by atomic mass is 10.3. The highest BCUT2D eigenvalue weighted by atomic mass is 32.1. The Morgan fingerprint density at radius 2 is 2.00 bits per heavy atom. The van der Waals surface area contributed by atoms with Crippen LogP contribution in [0.5, 0.6) is 11.6 Å². The molecule has 102 valence electrons. The van der Waals surface area contributed by atoms with E-state index in [-0.39, 0.29) is 5.82 Å². The molecule has 0 amide bonds. The molecule has 0 spiro atoms. The van der Waals surface area contributed by atoms with Crippen LogP contribution in [0.25, 0.3) is 10.2 Å². The van der Waals surface area contributed by atoms with Crippen LogP contribution >= 0.6 is 11.3 Å². The van der Waals surface area contributed by atoms with E-state index in [0.29, 0.717) is 17.6 Å². The van der Waals surface area contributed by atoms with Gasteiger partial charge in [-0.05, 0) is 42.6 Å². The van der Waals surface area contributed by atoms with Gasteiger partial charge in [0.1, 0.15) is 16.4 Å². The van der Waals surface area contributed by atoms with Crippen LogP contribution in [-0.4, -0.2) is 16.5 Å². The van der Waals surface area contributed by atoms with Gasteiger partial charge in [-0.2, -0.15) is 4.98 Å². The maximum absolute atomic E-state index is 12.9. The molecule has 0 atom stereocenters. The van der Waals surface area contributed by atoms with Gasteiger partial charge in [0, 0.05) is 6.54 Å². The molecule has 20 heavy (non-hydrogen) atoms. The minimum absolute atomic E-state index is 0.297. The molecule has 0 aliphatic heterocycles. The highest BCUT2D eigenvalue weighted by Crippen LogP contribution is 2.31. The first-order chi connectivity index (χ1) is 9.76. The molecular weight excluding hydrogens is 277 g/mol. The SMILES string of the molecule is CCNc1nc(Oc2ccc(F)cc2)c2ccsc2n1. The normalized spacial score (nSPS) is 10.7. The zero-order valence-electron chi connectivity index (χ0n) is 10.8. The van der Waals surface area contributed by atoms with E-state index in [4.69, 9.17) is 4.74 Å². The fourth-order valence-corrected chi connectivity index (χ4v) is 2.51. The van der Waals surface area contributed by atoms with Crippen molar-refractivity contribution in [3.63, 3.8) is 0 Å². The lowest BCUT2D eigenvalue weighted by molar-refractivity contribution is 0.467. The monoisotopic (exact) mass is 289 g/mol. The maximum Gasteiger partial charge on any atom is 0.232 e. The van der Waals surface area contributed by atoms with Crippen molar-refractivity contribution in [3.05, 3.63) is 41.5 Å². The quantitative estimate of drug-likeness (QED) is 0.787. The molecule has 4 nitrogen and oxygen atoms in total. The van der Waals surface area contributed by atoms with Crippen molar-refractivity contribution in [3.8, 4) is 11.6 Å². The second-order valence-corrected chi connectivity index (χ2v) is 4.97. The summed E-state index contributed by atoms with van der Waals surface area (Å²) in [5.41, 5.74) is 0. The van der Waals surface area contributed by atoms with E-state index in [1.54, 1.807) is 12.1 Å². The number of benzene rings is 1. The molecule has 0 unspecified atom stereocenters. The van der Waals surface area contributed by atoms with Crippen LogP contribution in [0.4, 0.5) is 10.3 Å². The zero-order valence-corrected chi connectivity index (χ0v) is 11.6. The third-order valence-corrected chi connectivity index (χ3v) is 3.46. The number of aromatic nitrogens is 2. The number of anilines is 1. The summed E-state index contributed by atoms with van der Waals surface area (Å²) < 4.78 is 18.6. The van der Waals surface area contributed by atoms with Crippen molar-refractivity contribution in [1.29, 1.82) is 0 Å². The molecule has 0 aliphatic rings. The highest BCUT2D eigenvalue weighted by Gasteiger charge is 2.10. The molecule has 1 aromatic carbocycles. The second-order valence-electron chi connectivity index (χ2n) is 4.08. The van der Waals surface area contributed by atoms with Crippen molar-refractivity contribution in [2.24, 2.45) is 0 Å². The van der Waals surface area contributed by atoms with Crippen LogP contribution in [-0.2, 0) is 0 Å². The summed E-state index contributed by atoms with van der Waals surface area (Å²) >= 11 is 1.52. The number of hydrogen-bond donors (Lipinski definition) is 1. The molecule has 6 heteroatoms. The van der Waals surface area contributed by atoms with E-state index >= 15 is 0 Å². The van der Waals surface area contributed by atoms with Crippen molar-refractivity contribution in [2.45, 2.75) is 6.92 Å². The van der Waals surface area contributed by atoms with Crippen LogP contribution < -0.4 is 10.1 Å². The lowest BCUT2D eigenvalue weighted by Gasteiger charge is -2.08. The highest BCUT2D eigenvalue weighted by molar-refractivity contribution is 7.16.